The van der Waals surface area contributed by atoms with Gasteiger partial charge in [0.2, 0.25) is 11.8 Å². The lowest BCUT2D eigenvalue weighted by Crippen LogP contribution is -2.49. The monoisotopic (exact) mass is 660 g/mol. The Labute approximate surface area is 269 Å². The molecule has 3 heterocycles. The van der Waals surface area contributed by atoms with Crippen molar-refractivity contribution < 1.29 is 36.3 Å². The standard InChI is InChI=1S/C33H45FN4O7S/c34-14-12-22-6-8-24(9-7-22)33(41)38-15-13-27(23-4-2-1-3-5-23)30(38)32(40)35-26-10-11-28-25(20-26)21-29(45-28)31(39)36-46(42,43)37-16-18-44-19-17-37/h10-11,20-24,27,30H,1-9,12-19H2,(H,35,40)(H,36,39)/t22?,24?,27-,30-/m0/s1. The van der Waals surface area contributed by atoms with Gasteiger partial charge in [0, 0.05) is 36.6 Å². The number of likely N-dealkylation sites (tertiary alicyclic amines) is 1. The van der Waals surface area contributed by atoms with E-state index in [-0.39, 0.29) is 62.4 Å². The van der Waals surface area contributed by atoms with Gasteiger partial charge in [0.1, 0.15) is 11.6 Å². The summed E-state index contributed by atoms with van der Waals surface area (Å²) < 4.78 is 52.3. The van der Waals surface area contributed by atoms with Crippen molar-refractivity contribution in [3.63, 3.8) is 0 Å². The molecule has 46 heavy (non-hydrogen) atoms. The average molecular weight is 661 g/mol. The van der Waals surface area contributed by atoms with Crippen LogP contribution in [0.1, 0.15) is 81.2 Å². The molecule has 0 unspecified atom stereocenters. The number of alkyl halides is 1. The molecular weight excluding hydrogens is 615 g/mol. The molecule has 0 spiro atoms. The number of hydrogen-bond donors (Lipinski definition) is 2. The van der Waals surface area contributed by atoms with E-state index < -0.39 is 22.2 Å². The first kappa shape index (κ1) is 32.9. The van der Waals surface area contributed by atoms with Gasteiger partial charge in [-0.15, -0.1) is 0 Å². The number of hydrogen-bond acceptors (Lipinski definition) is 7. The molecule has 4 aliphatic rings. The molecule has 1 aromatic heterocycles. The minimum atomic E-state index is -4.05. The van der Waals surface area contributed by atoms with E-state index in [2.05, 4.69) is 10.0 Å². The van der Waals surface area contributed by atoms with Crippen molar-refractivity contribution in [3.05, 3.63) is 30.0 Å². The molecule has 0 bridgehead atoms. The highest BCUT2D eigenvalue weighted by Gasteiger charge is 2.46. The Morgan fingerprint density at radius 3 is 2.37 bits per heavy atom. The topological polar surface area (TPSA) is 138 Å². The lowest BCUT2D eigenvalue weighted by Gasteiger charge is -2.36. The van der Waals surface area contributed by atoms with Crippen LogP contribution >= 0.6 is 0 Å². The summed E-state index contributed by atoms with van der Waals surface area (Å²) in [6.07, 6.45) is 10.2. The number of benzene rings is 1. The van der Waals surface area contributed by atoms with Crippen molar-refractivity contribution in [1.29, 1.82) is 0 Å². The Morgan fingerprint density at radius 2 is 1.65 bits per heavy atom. The number of halogens is 1. The van der Waals surface area contributed by atoms with E-state index in [0.29, 0.717) is 41.5 Å². The van der Waals surface area contributed by atoms with Gasteiger partial charge in [0.25, 0.3) is 0 Å². The normalized spacial score (nSPS) is 26.7. The highest BCUT2D eigenvalue weighted by Crippen LogP contribution is 2.41. The van der Waals surface area contributed by atoms with E-state index in [1.165, 1.54) is 12.5 Å². The number of ether oxygens (including phenoxy) is 1. The summed E-state index contributed by atoms with van der Waals surface area (Å²) in [6.45, 7) is 1.06. The Bertz CT molecular complexity index is 1510. The van der Waals surface area contributed by atoms with Gasteiger partial charge in [-0.1, -0.05) is 32.1 Å². The van der Waals surface area contributed by atoms with E-state index in [9.17, 15) is 27.2 Å². The lowest BCUT2D eigenvalue weighted by molar-refractivity contribution is -0.142. The van der Waals surface area contributed by atoms with Crippen LogP contribution in [0.25, 0.3) is 11.0 Å². The smallest absolute Gasteiger partial charge is 0.304 e. The third-order valence-corrected chi connectivity index (χ3v) is 12.0. The van der Waals surface area contributed by atoms with Crippen LogP contribution in [0, 0.1) is 23.7 Å². The van der Waals surface area contributed by atoms with Gasteiger partial charge >= 0.3 is 16.1 Å². The van der Waals surface area contributed by atoms with Crippen molar-refractivity contribution in [1.82, 2.24) is 13.9 Å². The third kappa shape index (κ3) is 7.26. The SMILES string of the molecule is O=C(NS(=O)(=O)N1CCOCC1)c1cc2cc(NC(=O)[C@@H]3[C@H](C4CCCCC4)CCN3C(=O)C3CCC(CCF)CC3)ccc2o1. The first-order valence-electron chi connectivity index (χ1n) is 16.8. The molecule has 2 aliphatic heterocycles. The number of amides is 3. The van der Waals surface area contributed by atoms with Crippen molar-refractivity contribution in [3.8, 4) is 0 Å². The fraction of sp³-hybridized carbons (Fsp3) is 0.667. The number of rotatable bonds is 9. The van der Waals surface area contributed by atoms with E-state index in [1.54, 1.807) is 18.2 Å². The fourth-order valence-electron chi connectivity index (χ4n) is 8.01. The summed E-state index contributed by atoms with van der Waals surface area (Å²) in [5.74, 6) is -0.531. The molecule has 2 N–H and O–H groups in total. The van der Waals surface area contributed by atoms with Crippen molar-refractivity contribution in [2.75, 3.05) is 44.8 Å². The summed E-state index contributed by atoms with van der Waals surface area (Å²) in [5.41, 5.74) is 0.868. The highest BCUT2D eigenvalue weighted by atomic mass is 32.2. The van der Waals surface area contributed by atoms with E-state index in [0.717, 1.165) is 62.1 Å². The maximum atomic E-state index is 14.0. The van der Waals surface area contributed by atoms with Gasteiger partial charge in [-0.05, 0) is 80.5 Å². The third-order valence-electron chi connectivity index (χ3n) is 10.5. The van der Waals surface area contributed by atoms with Crippen LogP contribution in [0.5, 0.6) is 0 Å². The molecule has 2 atom stereocenters. The van der Waals surface area contributed by atoms with Crippen LogP contribution in [0.15, 0.2) is 28.7 Å². The molecule has 252 valence electrons. The molecule has 13 heteroatoms. The molecule has 1 aromatic carbocycles. The second kappa shape index (κ2) is 14.4. The van der Waals surface area contributed by atoms with Gasteiger partial charge in [0.05, 0.1) is 19.9 Å². The molecule has 11 nitrogen and oxygen atoms in total. The molecule has 0 radical (unpaired) electrons. The van der Waals surface area contributed by atoms with E-state index in [1.807, 2.05) is 4.90 Å². The zero-order valence-corrected chi connectivity index (χ0v) is 27.1. The number of morpholine rings is 1. The molecule has 3 amide bonds. The van der Waals surface area contributed by atoms with Crippen molar-refractivity contribution in [2.24, 2.45) is 23.7 Å². The molecule has 4 fully saturated rings. The van der Waals surface area contributed by atoms with Crippen LogP contribution in [0.2, 0.25) is 0 Å². The zero-order chi connectivity index (χ0) is 32.3. The van der Waals surface area contributed by atoms with Crippen LogP contribution in [-0.2, 0) is 24.5 Å². The van der Waals surface area contributed by atoms with Gasteiger partial charge in [-0.25, -0.2) is 4.72 Å². The van der Waals surface area contributed by atoms with Gasteiger partial charge < -0.3 is 19.4 Å². The summed E-state index contributed by atoms with van der Waals surface area (Å²) in [4.78, 5) is 42.5. The van der Waals surface area contributed by atoms with Gasteiger partial charge in [-0.3, -0.25) is 18.8 Å². The summed E-state index contributed by atoms with van der Waals surface area (Å²) in [6, 6.07) is 5.88. The molecule has 2 aliphatic carbocycles. The predicted molar refractivity (Wildman–Crippen MR) is 170 cm³/mol. The quantitative estimate of drug-likeness (QED) is 0.400. The van der Waals surface area contributed by atoms with Crippen molar-refractivity contribution >= 4 is 44.6 Å². The number of carbonyl (C=O) groups is 3. The van der Waals surface area contributed by atoms with E-state index in [4.69, 9.17) is 9.15 Å². The first-order chi connectivity index (χ1) is 22.2. The van der Waals surface area contributed by atoms with Gasteiger partial charge in [0.15, 0.2) is 5.76 Å². The molecule has 2 saturated carbocycles. The minimum absolute atomic E-state index is 0.0464. The molecule has 2 saturated heterocycles. The van der Waals surface area contributed by atoms with Crippen molar-refractivity contribution in [2.45, 2.75) is 76.7 Å². The van der Waals surface area contributed by atoms with Crippen LogP contribution < -0.4 is 10.0 Å². The zero-order valence-electron chi connectivity index (χ0n) is 26.3. The Morgan fingerprint density at radius 1 is 0.913 bits per heavy atom. The molecule has 6 rings (SSSR count). The summed E-state index contributed by atoms with van der Waals surface area (Å²) in [7, 11) is -4.05. The number of fused-ring (bicyclic) bond motifs is 1. The summed E-state index contributed by atoms with van der Waals surface area (Å²) >= 11 is 0. The van der Waals surface area contributed by atoms with Crippen LogP contribution in [0.4, 0.5) is 10.1 Å². The highest BCUT2D eigenvalue weighted by molar-refractivity contribution is 7.87. The lowest BCUT2D eigenvalue weighted by atomic mass is 9.76. The summed E-state index contributed by atoms with van der Waals surface area (Å²) in [5, 5.41) is 3.57. The number of anilines is 1. The Hall–Kier alpha value is -3.03. The first-order valence-corrected chi connectivity index (χ1v) is 18.3. The Kier molecular flexibility index (Phi) is 10.3. The predicted octanol–water partition coefficient (Wildman–Crippen LogP) is 4.64. The second-order valence-electron chi connectivity index (χ2n) is 13.3. The minimum Gasteiger partial charge on any atom is -0.451 e. The number of carbonyl (C=O) groups excluding carboxylic acids is 3. The van der Waals surface area contributed by atoms with Crippen LogP contribution in [-0.4, -0.2) is 80.9 Å². The van der Waals surface area contributed by atoms with Gasteiger partial charge in [-0.2, -0.15) is 12.7 Å². The number of nitrogens with one attached hydrogen (secondary N) is 2. The number of nitrogens with zero attached hydrogens (tertiary/aromatic N) is 2. The molecular formula is C33H45FN4O7S. The maximum Gasteiger partial charge on any atom is 0.304 e. The fourth-order valence-corrected chi connectivity index (χ4v) is 9.10. The molecule has 2 aromatic rings. The second-order valence-corrected chi connectivity index (χ2v) is 15.0. The largest absolute Gasteiger partial charge is 0.451 e. The Balaban J connectivity index is 1.16. The maximum absolute atomic E-state index is 14.0. The average Bonchev–Trinajstić information content (AvgIpc) is 3.71. The van der Waals surface area contributed by atoms with Crippen LogP contribution in [0.3, 0.4) is 0 Å². The van der Waals surface area contributed by atoms with E-state index >= 15 is 0 Å². The number of furan rings is 1.